The largest absolute Gasteiger partial charge is 0.376 e. The summed E-state index contributed by atoms with van der Waals surface area (Å²) < 4.78 is 8.35. The molecule has 1 aliphatic rings. The van der Waals surface area contributed by atoms with E-state index in [4.69, 9.17) is 4.74 Å². The summed E-state index contributed by atoms with van der Waals surface area (Å²) in [7, 11) is 0. The van der Waals surface area contributed by atoms with Gasteiger partial charge >= 0.3 is 0 Å². The topological polar surface area (TPSA) is 56.2 Å². The Kier molecular flexibility index (Phi) is 4.99. The van der Waals surface area contributed by atoms with Gasteiger partial charge in [0, 0.05) is 25.3 Å². The van der Waals surface area contributed by atoms with Crippen LogP contribution in [0.25, 0.3) is 0 Å². The van der Waals surface area contributed by atoms with Crippen molar-refractivity contribution in [3.63, 3.8) is 0 Å². The molecule has 1 aromatic rings. The third-order valence-corrected chi connectivity index (χ3v) is 4.54. The van der Waals surface area contributed by atoms with Crippen LogP contribution in [0.15, 0.2) is 4.47 Å². The first kappa shape index (κ1) is 14.5. The minimum absolute atomic E-state index is 0.0548. The number of amides is 1. The van der Waals surface area contributed by atoms with E-state index in [1.165, 1.54) is 0 Å². The molecule has 0 radical (unpaired) electrons. The van der Waals surface area contributed by atoms with Crippen LogP contribution in [-0.4, -0.2) is 34.9 Å². The Morgan fingerprint density at radius 3 is 2.95 bits per heavy atom. The van der Waals surface area contributed by atoms with Crippen molar-refractivity contribution in [3.8, 4) is 0 Å². The Hall–Kier alpha value is -0.880. The van der Waals surface area contributed by atoms with Gasteiger partial charge in [0.1, 0.15) is 0 Å². The van der Waals surface area contributed by atoms with E-state index in [2.05, 4.69) is 26.3 Å². The summed E-state index contributed by atoms with van der Waals surface area (Å²) in [6, 6.07) is 0. The molecule has 1 fully saturated rings. The van der Waals surface area contributed by atoms with Gasteiger partial charge in [-0.05, 0) is 42.6 Å². The maximum absolute atomic E-state index is 11.8. The number of aromatic nitrogens is 2. The lowest BCUT2D eigenvalue weighted by Crippen LogP contribution is -2.32. The summed E-state index contributed by atoms with van der Waals surface area (Å²) in [4.78, 5) is 11.8. The summed E-state index contributed by atoms with van der Waals surface area (Å²) in [5, 5.41) is 7.30. The number of halogens is 1. The van der Waals surface area contributed by atoms with Crippen LogP contribution in [0.3, 0.4) is 0 Å². The first-order valence-corrected chi connectivity index (χ1v) is 7.45. The number of hydrogen-bond acceptors (Lipinski definition) is 3. The van der Waals surface area contributed by atoms with Crippen LogP contribution in [-0.2, 0) is 16.1 Å². The lowest BCUT2D eigenvalue weighted by molar-refractivity contribution is -0.121. The van der Waals surface area contributed by atoms with Gasteiger partial charge in [0.25, 0.3) is 0 Å². The second-order valence-electron chi connectivity index (χ2n) is 4.90. The summed E-state index contributed by atoms with van der Waals surface area (Å²) in [5.74, 6) is 0.0548. The van der Waals surface area contributed by atoms with Crippen LogP contribution < -0.4 is 5.32 Å². The minimum Gasteiger partial charge on any atom is -0.376 e. The molecule has 0 unspecified atom stereocenters. The van der Waals surface area contributed by atoms with Gasteiger partial charge in [-0.1, -0.05) is 0 Å². The number of ether oxygens (including phenoxy) is 1. The maximum Gasteiger partial charge on any atom is 0.221 e. The molecular weight excluding hydrogens is 310 g/mol. The van der Waals surface area contributed by atoms with Crippen molar-refractivity contribution in [2.75, 3.05) is 13.2 Å². The number of carbonyl (C=O) groups excluding carboxylic acids is 1. The zero-order chi connectivity index (χ0) is 13.8. The lowest BCUT2D eigenvalue weighted by Gasteiger charge is -2.11. The second kappa shape index (κ2) is 6.52. The highest BCUT2D eigenvalue weighted by atomic mass is 79.9. The van der Waals surface area contributed by atoms with E-state index in [1.54, 1.807) is 0 Å². The highest BCUT2D eigenvalue weighted by molar-refractivity contribution is 9.10. The molecular formula is C13H20BrN3O2. The Bertz CT molecular complexity index is 453. The molecule has 0 aromatic carbocycles. The molecule has 1 saturated heterocycles. The van der Waals surface area contributed by atoms with Crippen molar-refractivity contribution in [1.82, 2.24) is 15.1 Å². The van der Waals surface area contributed by atoms with Crippen LogP contribution in [0, 0.1) is 13.8 Å². The molecule has 5 nitrogen and oxygen atoms in total. The van der Waals surface area contributed by atoms with Gasteiger partial charge in [-0.15, -0.1) is 0 Å². The first-order chi connectivity index (χ1) is 9.08. The fraction of sp³-hybridized carbons (Fsp3) is 0.692. The minimum atomic E-state index is 0.0548. The van der Waals surface area contributed by atoms with Gasteiger partial charge in [0.2, 0.25) is 5.91 Å². The van der Waals surface area contributed by atoms with E-state index in [0.717, 1.165) is 35.3 Å². The van der Waals surface area contributed by atoms with Gasteiger partial charge in [-0.3, -0.25) is 9.48 Å². The van der Waals surface area contributed by atoms with Crippen molar-refractivity contribution >= 4 is 21.8 Å². The summed E-state index contributed by atoms with van der Waals surface area (Å²) in [6.07, 6.45) is 2.79. The monoisotopic (exact) mass is 329 g/mol. The summed E-state index contributed by atoms with van der Waals surface area (Å²) in [6.45, 7) is 6.00. The van der Waals surface area contributed by atoms with Gasteiger partial charge in [0.15, 0.2) is 0 Å². The molecule has 19 heavy (non-hydrogen) atoms. The predicted octanol–water partition coefficient (Wildman–Crippen LogP) is 1.95. The van der Waals surface area contributed by atoms with E-state index in [1.807, 2.05) is 18.5 Å². The van der Waals surface area contributed by atoms with E-state index in [-0.39, 0.29) is 12.0 Å². The third kappa shape index (κ3) is 3.79. The van der Waals surface area contributed by atoms with E-state index >= 15 is 0 Å². The van der Waals surface area contributed by atoms with Crippen molar-refractivity contribution in [1.29, 1.82) is 0 Å². The Morgan fingerprint density at radius 2 is 2.37 bits per heavy atom. The standard InChI is InChI=1S/C13H20BrN3O2/c1-9-13(14)10(2)17(16-9)6-5-12(18)15-8-11-4-3-7-19-11/h11H,3-8H2,1-2H3,(H,15,18)/t11-/m1/s1. The molecule has 0 bridgehead atoms. The van der Waals surface area contributed by atoms with Crippen LogP contribution in [0.5, 0.6) is 0 Å². The van der Waals surface area contributed by atoms with Crippen molar-refractivity contribution in [2.24, 2.45) is 0 Å². The van der Waals surface area contributed by atoms with Gasteiger partial charge < -0.3 is 10.1 Å². The molecule has 2 heterocycles. The Labute approximate surface area is 121 Å². The number of hydrogen-bond donors (Lipinski definition) is 1. The number of aryl methyl sites for hydroxylation is 2. The van der Waals surface area contributed by atoms with E-state index < -0.39 is 0 Å². The van der Waals surface area contributed by atoms with Crippen molar-refractivity contribution in [3.05, 3.63) is 15.9 Å². The van der Waals surface area contributed by atoms with Crippen LogP contribution in [0.1, 0.15) is 30.7 Å². The fourth-order valence-corrected chi connectivity index (χ4v) is 2.51. The third-order valence-electron chi connectivity index (χ3n) is 3.39. The fourth-order valence-electron chi connectivity index (χ4n) is 2.22. The molecule has 106 valence electrons. The van der Waals surface area contributed by atoms with Crippen molar-refractivity contribution in [2.45, 2.75) is 45.8 Å². The molecule has 1 aromatic heterocycles. The number of rotatable bonds is 5. The van der Waals surface area contributed by atoms with Crippen LogP contribution in [0.4, 0.5) is 0 Å². The maximum atomic E-state index is 11.8. The number of nitrogens with zero attached hydrogens (tertiary/aromatic N) is 2. The molecule has 1 atom stereocenters. The molecule has 0 aliphatic carbocycles. The average Bonchev–Trinajstić information content (AvgIpc) is 2.99. The second-order valence-corrected chi connectivity index (χ2v) is 5.69. The smallest absolute Gasteiger partial charge is 0.221 e. The lowest BCUT2D eigenvalue weighted by atomic mass is 10.2. The van der Waals surface area contributed by atoms with Gasteiger partial charge in [-0.25, -0.2) is 0 Å². The molecule has 6 heteroatoms. The quantitative estimate of drug-likeness (QED) is 0.898. The zero-order valence-corrected chi connectivity index (χ0v) is 13.0. The highest BCUT2D eigenvalue weighted by Gasteiger charge is 2.16. The highest BCUT2D eigenvalue weighted by Crippen LogP contribution is 2.19. The van der Waals surface area contributed by atoms with Crippen LogP contribution >= 0.6 is 15.9 Å². The van der Waals surface area contributed by atoms with E-state index in [0.29, 0.717) is 19.5 Å². The normalized spacial score (nSPS) is 18.8. The predicted molar refractivity (Wildman–Crippen MR) is 76.0 cm³/mol. The molecule has 0 saturated carbocycles. The molecule has 2 rings (SSSR count). The Balaban J connectivity index is 1.75. The number of carbonyl (C=O) groups is 1. The van der Waals surface area contributed by atoms with E-state index in [9.17, 15) is 4.79 Å². The molecule has 1 N–H and O–H groups in total. The first-order valence-electron chi connectivity index (χ1n) is 6.65. The van der Waals surface area contributed by atoms with Crippen molar-refractivity contribution < 1.29 is 9.53 Å². The SMILES string of the molecule is Cc1nn(CCC(=O)NC[C@H]2CCCO2)c(C)c1Br. The zero-order valence-electron chi connectivity index (χ0n) is 11.4. The molecule has 0 spiro atoms. The summed E-state index contributed by atoms with van der Waals surface area (Å²) >= 11 is 3.48. The van der Waals surface area contributed by atoms with Gasteiger partial charge in [0.05, 0.1) is 22.8 Å². The Morgan fingerprint density at radius 1 is 1.58 bits per heavy atom. The summed E-state index contributed by atoms with van der Waals surface area (Å²) in [5.41, 5.74) is 2.02. The molecule has 1 amide bonds. The molecule has 1 aliphatic heterocycles. The van der Waals surface area contributed by atoms with Gasteiger partial charge in [-0.2, -0.15) is 5.10 Å². The van der Waals surface area contributed by atoms with Crippen LogP contribution in [0.2, 0.25) is 0 Å². The number of nitrogens with one attached hydrogen (secondary N) is 1. The average molecular weight is 330 g/mol.